The predicted molar refractivity (Wildman–Crippen MR) is 60.9 cm³/mol. The van der Waals surface area contributed by atoms with Crippen molar-refractivity contribution in [1.29, 1.82) is 0 Å². The first kappa shape index (κ1) is 12.0. The van der Waals surface area contributed by atoms with Crippen LogP contribution in [0.25, 0.3) is 0 Å². The van der Waals surface area contributed by atoms with Gasteiger partial charge >= 0.3 is 5.97 Å². The highest BCUT2D eigenvalue weighted by Gasteiger charge is 2.39. The Balaban J connectivity index is 2.25. The van der Waals surface area contributed by atoms with Crippen molar-refractivity contribution >= 4 is 23.4 Å². The highest BCUT2D eigenvalue weighted by Crippen LogP contribution is 2.31. The van der Waals surface area contributed by atoms with E-state index in [0.29, 0.717) is 10.6 Å². The molecule has 7 heteroatoms. The Labute approximate surface area is 102 Å². The van der Waals surface area contributed by atoms with Gasteiger partial charge in [-0.2, -0.15) is 0 Å². The average Bonchev–Trinajstić information content (AvgIpc) is 3.00. The summed E-state index contributed by atoms with van der Waals surface area (Å²) in [6, 6.07) is -0.758. The van der Waals surface area contributed by atoms with Gasteiger partial charge in [-0.05, 0) is 38.2 Å². The molecule has 1 unspecified atom stereocenters. The Morgan fingerprint density at radius 1 is 1.53 bits per heavy atom. The lowest BCUT2D eigenvalue weighted by Gasteiger charge is -2.25. The van der Waals surface area contributed by atoms with Crippen LogP contribution in [0.1, 0.15) is 35.1 Å². The van der Waals surface area contributed by atoms with E-state index in [4.69, 9.17) is 5.11 Å². The van der Waals surface area contributed by atoms with Crippen molar-refractivity contribution in [2.24, 2.45) is 0 Å². The molecule has 1 aromatic rings. The molecule has 0 bridgehead atoms. The molecular weight excluding hydrogens is 242 g/mol. The second-order valence-corrected chi connectivity index (χ2v) is 4.90. The van der Waals surface area contributed by atoms with E-state index in [1.807, 2.05) is 0 Å². The fourth-order valence-electron chi connectivity index (χ4n) is 1.67. The number of amides is 1. The minimum atomic E-state index is -0.986. The van der Waals surface area contributed by atoms with Crippen molar-refractivity contribution in [3.05, 3.63) is 10.6 Å². The molecule has 1 heterocycles. The van der Waals surface area contributed by atoms with Gasteiger partial charge in [0.05, 0.1) is 5.69 Å². The molecule has 1 aliphatic rings. The molecule has 17 heavy (non-hydrogen) atoms. The predicted octanol–water partition coefficient (Wildman–Crippen LogP) is 0.924. The number of aromatic nitrogens is 2. The van der Waals surface area contributed by atoms with Gasteiger partial charge in [0.25, 0.3) is 5.91 Å². The van der Waals surface area contributed by atoms with Gasteiger partial charge < -0.3 is 10.0 Å². The highest BCUT2D eigenvalue weighted by atomic mass is 32.1. The summed E-state index contributed by atoms with van der Waals surface area (Å²) < 4.78 is 3.71. The molecule has 1 aromatic heterocycles. The fraction of sp³-hybridized carbons (Fsp3) is 0.600. The number of carbonyl (C=O) groups excluding carboxylic acids is 1. The highest BCUT2D eigenvalue weighted by molar-refractivity contribution is 7.08. The van der Waals surface area contributed by atoms with Gasteiger partial charge in [-0.1, -0.05) is 4.49 Å². The van der Waals surface area contributed by atoms with Crippen molar-refractivity contribution in [2.45, 2.75) is 38.8 Å². The van der Waals surface area contributed by atoms with Crippen LogP contribution in [0.5, 0.6) is 0 Å². The van der Waals surface area contributed by atoms with Crippen LogP contribution in [0, 0.1) is 6.92 Å². The maximum atomic E-state index is 12.2. The lowest BCUT2D eigenvalue weighted by atomic mass is 10.2. The third kappa shape index (κ3) is 2.28. The van der Waals surface area contributed by atoms with Crippen molar-refractivity contribution < 1.29 is 14.7 Å². The van der Waals surface area contributed by atoms with Gasteiger partial charge in [-0.15, -0.1) is 5.10 Å². The number of carbonyl (C=O) groups is 2. The van der Waals surface area contributed by atoms with E-state index in [-0.39, 0.29) is 11.9 Å². The van der Waals surface area contributed by atoms with E-state index in [1.165, 1.54) is 11.8 Å². The number of carboxylic acid groups (broad SMARTS) is 1. The second kappa shape index (κ2) is 4.40. The topological polar surface area (TPSA) is 83.4 Å². The summed E-state index contributed by atoms with van der Waals surface area (Å²) in [5.74, 6) is -1.25. The van der Waals surface area contributed by atoms with E-state index in [0.717, 1.165) is 24.4 Å². The van der Waals surface area contributed by atoms with Crippen LogP contribution in [0.4, 0.5) is 0 Å². The molecule has 6 nitrogen and oxygen atoms in total. The molecule has 1 atom stereocenters. The summed E-state index contributed by atoms with van der Waals surface area (Å²) in [5.41, 5.74) is 0.559. The average molecular weight is 255 g/mol. The first-order valence-corrected chi connectivity index (χ1v) is 6.14. The molecule has 0 radical (unpaired) electrons. The maximum Gasteiger partial charge on any atom is 0.326 e. The Morgan fingerprint density at radius 2 is 2.18 bits per heavy atom. The van der Waals surface area contributed by atoms with Gasteiger partial charge in [0.1, 0.15) is 10.9 Å². The van der Waals surface area contributed by atoms with Gasteiger partial charge in [0, 0.05) is 6.04 Å². The molecule has 1 N–H and O–H groups in total. The monoisotopic (exact) mass is 255 g/mol. The zero-order chi connectivity index (χ0) is 12.6. The Hall–Kier alpha value is -1.50. The summed E-state index contributed by atoms with van der Waals surface area (Å²) in [7, 11) is 0. The molecule has 0 spiro atoms. The minimum absolute atomic E-state index is 0.0510. The Morgan fingerprint density at radius 3 is 2.59 bits per heavy atom. The van der Waals surface area contributed by atoms with Crippen LogP contribution in [-0.2, 0) is 4.79 Å². The zero-order valence-electron chi connectivity index (χ0n) is 9.58. The van der Waals surface area contributed by atoms with E-state index in [1.54, 1.807) is 6.92 Å². The van der Waals surface area contributed by atoms with E-state index >= 15 is 0 Å². The lowest BCUT2D eigenvalue weighted by Crippen LogP contribution is -2.44. The standard InChI is InChI=1S/C10H13N3O3S/c1-5-8(17-12-11-5)9(14)13(7-3-4-7)6(2)10(15)16/h6-7H,3-4H2,1-2H3,(H,15,16). The van der Waals surface area contributed by atoms with E-state index in [2.05, 4.69) is 9.59 Å². The molecule has 0 aliphatic heterocycles. The second-order valence-electron chi connectivity index (χ2n) is 4.15. The van der Waals surface area contributed by atoms with Gasteiger partial charge in [-0.25, -0.2) is 4.79 Å². The van der Waals surface area contributed by atoms with Crippen molar-refractivity contribution in [1.82, 2.24) is 14.5 Å². The smallest absolute Gasteiger partial charge is 0.326 e. The van der Waals surface area contributed by atoms with Gasteiger partial charge in [0.2, 0.25) is 0 Å². The molecule has 92 valence electrons. The molecule has 0 saturated heterocycles. The van der Waals surface area contributed by atoms with Crippen LogP contribution in [0.3, 0.4) is 0 Å². The van der Waals surface area contributed by atoms with E-state index < -0.39 is 12.0 Å². The van der Waals surface area contributed by atoms with Crippen LogP contribution in [0.15, 0.2) is 0 Å². The largest absolute Gasteiger partial charge is 0.480 e. The number of rotatable bonds is 4. The van der Waals surface area contributed by atoms with Gasteiger partial charge in [0.15, 0.2) is 0 Å². The molecular formula is C10H13N3O3S. The number of aliphatic carboxylic acids is 1. The van der Waals surface area contributed by atoms with Crippen LogP contribution in [-0.4, -0.2) is 43.6 Å². The van der Waals surface area contributed by atoms with Crippen molar-refractivity contribution in [2.75, 3.05) is 0 Å². The quantitative estimate of drug-likeness (QED) is 0.865. The maximum absolute atomic E-state index is 12.2. The fourth-order valence-corrected chi connectivity index (χ4v) is 2.28. The zero-order valence-corrected chi connectivity index (χ0v) is 10.4. The molecule has 1 fully saturated rings. The number of hydrogen-bond donors (Lipinski definition) is 1. The Kier molecular flexibility index (Phi) is 3.10. The number of carboxylic acids is 1. The minimum Gasteiger partial charge on any atom is -0.480 e. The summed E-state index contributed by atoms with van der Waals surface area (Å²) in [5, 5.41) is 12.8. The molecule has 1 amide bonds. The molecule has 1 aliphatic carbocycles. The van der Waals surface area contributed by atoms with E-state index in [9.17, 15) is 9.59 Å². The Bertz CT molecular complexity index is 455. The summed E-state index contributed by atoms with van der Waals surface area (Å²) >= 11 is 1.02. The van der Waals surface area contributed by atoms with Crippen molar-refractivity contribution in [3.63, 3.8) is 0 Å². The summed E-state index contributed by atoms with van der Waals surface area (Å²) in [6.07, 6.45) is 1.74. The van der Waals surface area contributed by atoms with Crippen LogP contribution < -0.4 is 0 Å². The normalized spacial score (nSPS) is 16.6. The SMILES string of the molecule is Cc1nnsc1C(=O)N(C1CC1)C(C)C(=O)O. The third-order valence-electron chi connectivity index (χ3n) is 2.80. The summed E-state index contributed by atoms with van der Waals surface area (Å²) in [6.45, 7) is 3.23. The lowest BCUT2D eigenvalue weighted by molar-refractivity contribution is -0.141. The van der Waals surface area contributed by atoms with Crippen LogP contribution in [0.2, 0.25) is 0 Å². The van der Waals surface area contributed by atoms with Gasteiger partial charge in [-0.3, -0.25) is 4.79 Å². The number of nitrogens with zero attached hydrogens (tertiary/aromatic N) is 3. The molecule has 0 aromatic carbocycles. The first-order valence-electron chi connectivity index (χ1n) is 5.36. The third-order valence-corrected chi connectivity index (χ3v) is 3.61. The number of aryl methyl sites for hydroxylation is 1. The first-order chi connectivity index (χ1) is 8.02. The molecule has 1 saturated carbocycles. The number of hydrogen-bond acceptors (Lipinski definition) is 5. The van der Waals surface area contributed by atoms with Crippen molar-refractivity contribution in [3.8, 4) is 0 Å². The van der Waals surface area contributed by atoms with Crippen LogP contribution >= 0.6 is 11.5 Å². The summed E-state index contributed by atoms with van der Waals surface area (Å²) in [4.78, 5) is 25.1. The molecule has 2 rings (SSSR count).